The van der Waals surface area contributed by atoms with Gasteiger partial charge in [0.25, 0.3) is 5.91 Å². The van der Waals surface area contributed by atoms with Gasteiger partial charge in [-0.3, -0.25) is 9.78 Å². The molecule has 0 bridgehead atoms. The van der Waals surface area contributed by atoms with Crippen LogP contribution in [0.25, 0.3) is 22.0 Å². The Labute approximate surface area is 262 Å². The molecule has 0 saturated heterocycles. The van der Waals surface area contributed by atoms with Gasteiger partial charge in [0.2, 0.25) is 0 Å². The number of hydrogen-bond donors (Lipinski definition) is 6. The molecule has 0 aliphatic rings. The van der Waals surface area contributed by atoms with Crippen LogP contribution in [-0.4, -0.2) is 57.4 Å². The average Bonchev–Trinajstić information content (AvgIpc) is 3.49. The third-order valence-electron chi connectivity index (χ3n) is 6.40. The first kappa shape index (κ1) is 30.8. The van der Waals surface area contributed by atoms with E-state index >= 15 is 0 Å². The van der Waals surface area contributed by atoms with Crippen molar-refractivity contribution in [2.24, 2.45) is 0 Å². The smallest absolute Gasteiger partial charge is 0.284 e. The van der Waals surface area contributed by atoms with Crippen molar-refractivity contribution in [3.63, 3.8) is 0 Å². The van der Waals surface area contributed by atoms with Crippen molar-refractivity contribution < 1.29 is 15.0 Å². The number of hydrogen-bond acceptors (Lipinski definition) is 10. The number of pyridine rings is 2. The molecule has 0 fully saturated rings. The molecule has 5 aromatic rings. The van der Waals surface area contributed by atoms with Crippen LogP contribution in [0, 0.1) is 0 Å². The normalized spacial score (nSPS) is 11.2. The first-order valence-electron chi connectivity index (χ1n) is 13.5. The van der Waals surface area contributed by atoms with Crippen molar-refractivity contribution in [3.8, 4) is 11.1 Å². The number of anilines is 3. The number of carbonyl (C=O) groups is 1. The van der Waals surface area contributed by atoms with Gasteiger partial charge in [-0.25, -0.2) is 9.97 Å². The minimum atomic E-state index is -0.374. The summed E-state index contributed by atoms with van der Waals surface area (Å²) in [6.45, 7) is 2.18. The molecular formula is C30H29Cl2N7O3S. The fourth-order valence-corrected chi connectivity index (χ4v) is 5.69. The lowest BCUT2D eigenvalue weighted by atomic mass is 10.0. The van der Waals surface area contributed by atoms with E-state index in [0.717, 1.165) is 15.8 Å². The molecular weight excluding hydrogens is 609 g/mol. The monoisotopic (exact) mass is 637 g/mol. The number of carbonyl (C=O) groups excluding carboxylic acids is 1. The Kier molecular flexibility index (Phi) is 10.5. The Hall–Kier alpha value is -3.68. The van der Waals surface area contributed by atoms with Crippen molar-refractivity contribution in [2.45, 2.75) is 13.1 Å². The molecule has 43 heavy (non-hydrogen) atoms. The maximum Gasteiger partial charge on any atom is 0.284 e. The molecule has 13 heteroatoms. The van der Waals surface area contributed by atoms with Gasteiger partial charge in [-0.05, 0) is 29.8 Å². The number of thiazole rings is 1. The van der Waals surface area contributed by atoms with Gasteiger partial charge in [0.15, 0.2) is 10.8 Å². The largest absolute Gasteiger partial charge is 0.395 e. The van der Waals surface area contributed by atoms with Gasteiger partial charge in [0.1, 0.15) is 5.52 Å². The standard InChI is InChI=1S/C30H29Cl2N7O3S/c31-25-21(22-4-2-6-24(26(22)32)39-29(42)30-37-17-20(43-30)16-34-10-12-41)3-1-5-23(25)38-28-27-19(7-8-35-28)13-18(15-36-27)14-33-9-11-40/h1-8,13,15,17,33-34,40-41H,9-12,14,16H2,(H,35,38)(H,39,42). The molecule has 0 aliphatic carbocycles. The quantitative estimate of drug-likeness (QED) is 0.0957. The highest BCUT2D eigenvalue weighted by molar-refractivity contribution is 7.13. The van der Waals surface area contributed by atoms with E-state index in [1.165, 1.54) is 11.3 Å². The highest BCUT2D eigenvalue weighted by Gasteiger charge is 2.18. The summed E-state index contributed by atoms with van der Waals surface area (Å²) in [5.41, 5.74) is 4.04. The summed E-state index contributed by atoms with van der Waals surface area (Å²) >= 11 is 15.0. The van der Waals surface area contributed by atoms with Crippen molar-refractivity contribution in [2.75, 3.05) is 36.9 Å². The van der Waals surface area contributed by atoms with Crippen LogP contribution in [0.4, 0.5) is 17.2 Å². The highest BCUT2D eigenvalue weighted by atomic mass is 35.5. The Morgan fingerprint density at radius 1 is 0.837 bits per heavy atom. The van der Waals surface area contributed by atoms with Crippen LogP contribution >= 0.6 is 34.5 Å². The van der Waals surface area contributed by atoms with E-state index in [1.54, 1.807) is 30.7 Å². The van der Waals surface area contributed by atoms with Gasteiger partial charge >= 0.3 is 0 Å². The van der Waals surface area contributed by atoms with Gasteiger partial charge in [0.05, 0.1) is 34.6 Å². The lowest BCUT2D eigenvalue weighted by molar-refractivity contribution is 0.102. The lowest BCUT2D eigenvalue weighted by Crippen LogP contribution is -2.17. The predicted octanol–water partition coefficient (Wildman–Crippen LogP) is 5.22. The molecule has 6 N–H and O–H groups in total. The number of aliphatic hydroxyl groups is 2. The van der Waals surface area contributed by atoms with Crippen LogP contribution in [0.15, 0.2) is 67.1 Å². The number of rotatable bonds is 13. The number of halogens is 2. The van der Waals surface area contributed by atoms with Crippen molar-refractivity contribution in [3.05, 3.63) is 92.6 Å². The third-order valence-corrected chi connectivity index (χ3v) is 8.21. The van der Waals surface area contributed by atoms with Crippen LogP contribution in [0.1, 0.15) is 20.2 Å². The summed E-state index contributed by atoms with van der Waals surface area (Å²) in [6.07, 6.45) is 5.11. The molecule has 0 atom stereocenters. The highest BCUT2D eigenvalue weighted by Crippen LogP contribution is 2.41. The second-order valence-electron chi connectivity index (χ2n) is 9.42. The number of nitrogens with zero attached hydrogens (tertiary/aromatic N) is 3. The Morgan fingerprint density at radius 3 is 2.28 bits per heavy atom. The van der Waals surface area contributed by atoms with Crippen LogP contribution < -0.4 is 21.3 Å². The first-order valence-corrected chi connectivity index (χ1v) is 15.0. The van der Waals surface area contributed by atoms with E-state index in [0.29, 0.717) is 75.1 Å². The van der Waals surface area contributed by atoms with Gasteiger partial charge in [-0.1, -0.05) is 47.5 Å². The zero-order chi connectivity index (χ0) is 30.2. The Morgan fingerprint density at radius 2 is 1.53 bits per heavy atom. The Bertz CT molecular complexity index is 1730. The van der Waals surface area contributed by atoms with E-state index < -0.39 is 0 Å². The second kappa shape index (κ2) is 14.7. The number of fused-ring (bicyclic) bond motifs is 1. The van der Waals surface area contributed by atoms with Gasteiger partial charge in [-0.2, -0.15) is 0 Å². The molecule has 0 unspecified atom stereocenters. The van der Waals surface area contributed by atoms with Gasteiger partial charge in [-0.15, -0.1) is 11.3 Å². The predicted molar refractivity (Wildman–Crippen MR) is 172 cm³/mol. The maximum absolute atomic E-state index is 12.9. The summed E-state index contributed by atoms with van der Waals surface area (Å²) in [4.78, 5) is 27.1. The van der Waals surface area contributed by atoms with Gasteiger partial charge < -0.3 is 31.5 Å². The molecule has 5 rings (SSSR count). The molecule has 0 spiro atoms. The van der Waals surface area contributed by atoms with Crippen molar-refractivity contribution in [1.82, 2.24) is 25.6 Å². The van der Waals surface area contributed by atoms with Crippen LogP contribution in [-0.2, 0) is 13.1 Å². The Balaban J connectivity index is 1.36. The topological polar surface area (TPSA) is 144 Å². The summed E-state index contributed by atoms with van der Waals surface area (Å²) < 4.78 is 0. The molecule has 3 aromatic heterocycles. The van der Waals surface area contributed by atoms with Crippen molar-refractivity contribution in [1.29, 1.82) is 0 Å². The molecule has 0 aliphatic heterocycles. The van der Waals surface area contributed by atoms with Crippen LogP contribution in [0.3, 0.4) is 0 Å². The number of benzene rings is 2. The molecule has 222 valence electrons. The zero-order valence-electron chi connectivity index (χ0n) is 22.9. The maximum atomic E-state index is 12.9. The number of aromatic nitrogens is 3. The average molecular weight is 639 g/mol. The lowest BCUT2D eigenvalue weighted by Gasteiger charge is -2.15. The first-order chi connectivity index (χ1) is 21.0. The zero-order valence-corrected chi connectivity index (χ0v) is 25.2. The van der Waals surface area contributed by atoms with E-state index in [9.17, 15) is 4.79 Å². The summed E-state index contributed by atoms with van der Waals surface area (Å²) in [5.74, 6) is 0.175. The molecule has 1 amide bonds. The second-order valence-corrected chi connectivity index (χ2v) is 11.3. The molecule has 2 aromatic carbocycles. The molecule has 3 heterocycles. The number of amides is 1. The molecule has 0 saturated carbocycles. The van der Waals surface area contributed by atoms with E-state index in [4.69, 9.17) is 33.4 Å². The summed E-state index contributed by atoms with van der Waals surface area (Å²) in [7, 11) is 0. The van der Waals surface area contributed by atoms with Crippen LogP contribution in [0.5, 0.6) is 0 Å². The van der Waals surface area contributed by atoms with E-state index in [-0.39, 0.29) is 19.1 Å². The van der Waals surface area contributed by atoms with E-state index in [1.807, 2.05) is 36.4 Å². The minimum absolute atomic E-state index is 0.0351. The minimum Gasteiger partial charge on any atom is -0.395 e. The number of nitrogens with one attached hydrogen (secondary N) is 4. The fourth-order valence-electron chi connectivity index (χ4n) is 4.37. The number of aliphatic hydroxyl groups excluding tert-OH is 2. The fraction of sp³-hybridized carbons (Fsp3) is 0.200. The summed E-state index contributed by atoms with van der Waals surface area (Å²) in [5, 5.41) is 32.3. The molecule has 10 nitrogen and oxygen atoms in total. The van der Waals surface area contributed by atoms with Crippen molar-refractivity contribution >= 4 is 68.5 Å². The van der Waals surface area contributed by atoms with Gasteiger partial charge in [0, 0.05) is 66.2 Å². The SMILES string of the molecule is O=C(Nc1cccc(-c2cccc(Nc3nccc4cc(CNCCO)cnc34)c2Cl)c1Cl)c1ncc(CNCCO)s1. The molecule has 0 radical (unpaired) electrons. The van der Waals surface area contributed by atoms with Crippen LogP contribution in [0.2, 0.25) is 10.0 Å². The third kappa shape index (κ3) is 7.46. The summed E-state index contributed by atoms with van der Waals surface area (Å²) in [6, 6.07) is 14.8. The van der Waals surface area contributed by atoms with E-state index in [2.05, 4.69) is 36.2 Å².